The number of nitrogens with one attached hydrogen (secondary N) is 2. The molecule has 0 unspecified atom stereocenters. The second-order valence-electron chi connectivity index (χ2n) is 4.25. The summed E-state index contributed by atoms with van der Waals surface area (Å²) in [6, 6.07) is 11.1. The lowest BCUT2D eigenvalue weighted by molar-refractivity contribution is 0.102. The summed E-state index contributed by atoms with van der Waals surface area (Å²) in [5.74, 6) is -0.166. The van der Waals surface area contributed by atoms with Crippen LogP contribution in [0.5, 0.6) is 0 Å². The number of halogens is 2. The van der Waals surface area contributed by atoms with Gasteiger partial charge in [-0.3, -0.25) is 9.89 Å². The van der Waals surface area contributed by atoms with Gasteiger partial charge in [-0.2, -0.15) is 5.10 Å². The zero-order chi connectivity index (χ0) is 14.1. The first-order valence-corrected chi connectivity index (χ1v) is 7.41. The van der Waals surface area contributed by atoms with E-state index < -0.39 is 0 Å². The maximum absolute atomic E-state index is 12.3. The first-order valence-electron chi connectivity index (χ1n) is 5.83. The highest BCUT2D eigenvalue weighted by molar-refractivity contribution is 9.11. The van der Waals surface area contributed by atoms with Gasteiger partial charge in [-0.15, -0.1) is 0 Å². The van der Waals surface area contributed by atoms with Crippen LogP contribution in [0.25, 0.3) is 10.9 Å². The van der Waals surface area contributed by atoms with E-state index in [0.717, 1.165) is 25.5 Å². The van der Waals surface area contributed by atoms with Crippen LogP contribution in [-0.4, -0.2) is 16.1 Å². The normalized spacial score (nSPS) is 10.7. The van der Waals surface area contributed by atoms with Crippen LogP contribution >= 0.6 is 31.9 Å². The predicted molar refractivity (Wildman–Crippen MR) is 85.9 cm³/mol. The molecule has 0 fully saturated rings. The van der Waals surface area contributed by atoms with E-state index in [0.29, 0.717) is 5.56 Å². The Morgan fingerprint density at radius 1 is 1.15 bits per heavy atom. The fourth-order valence-corrected chi connectivity index (χ4v) is 2.68. The number of anilines is 1. The number of benzene rings is 2. The van der Waals surface area contributed by atoms with E-state index in [1.54, 1.807) is 12.3 Å². The molecule has 20 heavy (non-hydrogen) atoms. The molecule has 3 rings (SSSR count). The van der Waals surface area contributed by atoms with E-state index in [-0.39, 0.29) is 5.91 Å². The van der Waals surface area contributed by atoms with Crippen LogP contribution in [0, 0.1) is 0 Å². The van der Waals surface area contributed by atoms with Crippen molar-refractivity contribution >= 4 is 54.4 Å². The first-order chi connectivity index (χ1) is 9.63. The standard InChI is InChI=1S/C14H9Br2N3O/c15-9-1-3-12(16)11(6-9)14(20)18-10-2-4-13-8(5-10)7-17-19-13/h1-7H,(H,17,19)(H,18,20). The van der Waals surface area contributed by atoms with Gasteiger partial charge >= 0.3 is 0 Å². The quantitative estimate of drug-likeness (QED) is 0.679. The van der Waals surface area contributed by atoms with Crippen molar-refractivity contribution in [1.29, 1.82) is 0 Å². The number of carbonyl (C=O) groups excluding carboxylic acids is 1. The molecule has 0 saturated heterocycles. The molecule has 3 aromatic rings. The van der Waals surface area contributed by atoms with Gasteiger partial charge in [-0.05, 0) is 52.3 Å². The second kappa shape index (κ2) is 5.38. The van der Waals surface area contributed by atoms with Crippen LogP contribution in [0.3, 0.4) is 0 Å². The van der Waals surface area contributed by atoms with E-state index in [9.17, 15) is 4.79 Å². The lowest BCUT2D eigenvalue weighted by Crippen LogP contribution is -2.12. The van der Waals surface area contributed by atoms with Crippen molar-refractivity contribution in [3.05, 3.63) is 57.1 Å². The zero-order valence-electron chi connectivity index (χ0n) is 10.2. The van der Waals surface area contributed by atoms with Crippen LogP contribution in [0.1, 0.15) is 10.4 Å². The summed E-state index contributed by atoms with van der Waals surface area (Å²) in [7, 11) is 0. The molecule has 2 N–H and O–H groups in total. The monoisotopic (exact) mass is 393 g/mol. The molecule has 0 aliphatic rings. The number of H-pyrrole nitrogens is 1. The SMILES string of the molecule is O=C(Nc1ccc2[nH]ncc2c1)c1cc(Br)ccc1Br. The largest absolute Gasteiger partial charge is 0.322 e. The maximum Gasteiger partial charge on any atom is 0.256 e. The Morgan fingerprint density at radius 2 is 2.00 bits per heavy atom. The van der Waals surface area contributed by atoms with Gasteiger partial charge in [0.05, 0.1) is 17.3 Å². The minimum Gasteiger partial charge on any atom is -0.322 e. The minimum atomic E-state index is -0.166. The molecule has 2 aromatic carbocycles. The highest BCUT2D eigenvalue weighted by Crippen LogP contribution is 2.23. The van der Waals surface area contributed by atoms with Crippen LogP contribution in [0.2, 0.25) is 0 Å². The fourth-order valence-electron chi connectivity index (χ4n) is 1.89. The van der Waals surface area contributed by atoms with Crippen LogP contribution in [0.15, 0.2) is 51.5 Å². The third-order valence-electron chi connectivity index (χ3n) is 2.87. The highest BCUT2D eigenvalue weighted by atomic mass is 79.9. The van der Waals surface area contributed by atoms with Crippen molar-refractivity contribution < 1.29 is 4.79 Å². The number of nitrogens with zero attached hydrogens (tertiary/aromatic N) is 1. The average molecular weight is 395 g/mol. The molecule has 1 heterocycles. The molecule has 0 spiro atoms. The Labute approximate surface area is 131 Å². The van der Waals surface area contributed by atoms with Crippen molar-refractivity contribution in [1.82, 2.24) is 10.2 Å². The molecule has 100 valence electrons. The number of aromatic amines is 1. The van der Waals surface area contributed by atoms with Crippen molar-refractivity contribution in [3.63, 3.8) is 0 Å². The molecule has 1 amide bonds. The summed E-state index contributed by atoms with van der Waals surface area (Å²) in [5.41, 5.74) is 2.24. The third kappa shape index (κ3) is 2.62. The van der Waals surface area contributed by atoms with Crippen LogP contribution in [-0.2, 0) is 0 Å². The minimum absolute atomic E-state index is 0.166. The number of hydrogen-bond donors (Lipinski definition) is 2. The zero-order valence-corrected chi connectivity index (χ0v) is 13.3. The lowest BCUT2D eigenvalue weighted by atomic mass is 10.2. The lowest BCUT2D eigenvalue weighted by Gasteiger charge is -2.07. The van der Waals surface area contributed by atoms with Crippen molar-refractivity contribution in [2.45, 2.75) is 0 Å². The Morgan fingerprint density at radius 3 is 2.85 bits per heavy atom. The highest BCUT2D eigenvalue weighted by Gasteiger charge is 2.11. The number of aromatic nitrogens is 2. The van der Waals surface area contributed by atoms with E-state index >= 15 is 0 Å². The Kier molecular flexibility index (Phi) is 3.58. The Bertz CT molecular complexity index is 798. The Balaban J connectivity index is 1.89. The number of amides is 1. The van der Waals surface area contributed by atoms with Gasteiger partial charge in [0.2, 0.25) is 0 Å². The van der Waals surface area contributed by atoms with E-state index in [2.05, 4.69) is 47.4 Å². The number of rotatable bonds is 2. The van der Waals surface area contributed by atoms with Gasteiger partial charge < -0.3 is 5.32 Å². The molecular formula is C14H9Br2N3O. The number of carbonyl (C=O) groups is 1. The van der Waals surface area contributed by atoms with Gasteiger partial charge in [0.1, 0.15) is 0 Å². The summed E-state index contributed by atoms with van der Waals surface area (Å²) in [5, 5.41) is 10.7. The number of hydrogen-bond acceptors (Lipinski definition) is 2. The van der Waals surface area contributed by atoms with Crippen molar-refractivity contribution in [3.8, 4) is 0 Å². The van der Waals surface area contributed by atoms with Gasteiger partial charge in [0, 0.05) is 20.0 Å². The van der Waals surface area contributed by atoms with Crippen molar-refractivity contribution in [2.75, 3.05) is 5.32 Å². The molecule has 1 aromatic heterocycles. The Hall–Kier alpha value is -1.66. The molecular weight excluding hydrogens is 386 g/mol. The molecule has 4 nitrogen and oxygen atoms in total. The summed E-state index contributed by atoms with van der Waals surface area (Å²) >= 11 is 6.75. The maximum atomic E-state index is 12.3. The summed E-state index contributed by atoms with van der Waals surface area (Å²) in [4.78, 5) is 12.3. The van der Waals surface area contributed by atoms with Gasteiger partial charge in [0.15, 0.2) is 0 Å². The molecule has 0 atom stereocenters. The molecule has 0 radical (unpaired) electrons. The molecule has 0 aliphatic carbocycles. The predicted octanol–water partition coefficient (Wildman–Crippen LogP) is 4.34. The average Bonchev–Trinajstić information content (AvgIpc) is 2.89. The van der Waals surface area contributed by atoms with E-state index in [1.165, 1.54) is 0 Å². The summed E-state index contributed by atoms with van der Waals surface area (Å²) in [6.07, 6.45) is 1.72. The fraction of sp³-hybridized carbons (Fsp3) is 0. The first kappa shape index (κ1) is 13.3. The van der Waals surface area contributed by atoms with E-state index in [1.807, 2.05) is 30.3 Å². The molecule has 0 saturated carbocycles. The van der Waals surface area contributed by atoms with Gasteiger partial charge in [-0.25, -0.2) is 0 Å². The summed E-state index contributed by atoms with van der Waals surface area (Å²) < 4.78 is 1.61. The van der Waals surface area contributed by atoms with Crippen molar-refractivity contribution in [2.24, 2.45) is 0 Å². The van der Waals surface area contributed by atoms with Crippen LogP contribution in [0.4, 0.5) is 5.69 Å². The second-order valence-corrected chi connectivity index (χ2v) is 6.02. The smallest absolute Gasteiger partial charge is 0.256 e. The number of fused-ring (bicyclic) bond motifs is 1. The van der Waals surface area contributed by atoms with Gasteiger partial charge in [0.25, 0.3) is 5.91 Å². The molecule has 0 bridgehead atoms. The molecule has 6 heteroatoms. The molecule has 0 aliphatic heterocycles. The van der Waals surface area contributed by atoms with Crippen LogP contribution < -0.4 is 5.32 Å². The third-order valence-corrected chi connectivity index (χ3v) is 4.06. The summed E-state index contributed by atoms with van der Waals surface area (Å²) in [6.45, 7) is 0. The van der Waals surface area contributed by atoms with E-state index in [4.69, 9.17) is 0 Å². The topological polar surface area (TPSA) is 57.8 Å². The van der Waals surface area contributed by atoms with Gasteiger partial charge in [-0.1, -0.05) is 15.9 Å².